The zero-order valence-corrected chi connectivity index (χ0v) is 14.2. The number of carbonyl (C=O) groups excluding carboxylic acids is 1. The number of hydrogen-bond acceptors (Lipinski definition) is 5. The molecule has 2 aromatic rings. The first-order chi connectivity index (χ1) is 12.3. The molecule has 138 valence electrons. The molecule has 0 radical (unpaired) electrons. The van der Waals surface area contributed by atoms with Gasteiger partial charge in [-0.15, -0.1) is 0 Å². The van der Waals surface area contributed by atoms with Crippen LogP contribution in [0.4, 0.5) is 13.2 Å². The molecule has 1 aliphatic rings. The number of halogens is 4. The lowest BCUT2D eigenvalue weighted by Gasteiger charge is -2.27. The Labute approximate surface area is 152 Å². The highest BCUT2D eigenvalue weighted by Gasteiger charge is 2.32. The van der Waals surface area contributed by atoms with Crippen LogP contribution in [0.2, 0.25) is 5.02 Å². The van der Waals surface area contributed by atoms with Crippen molar-refractivity contribution >= 4 is 17.6 Å². The fourth-order valence-corrected chi connectivity index (χ4v) is 2.85. The lowest BCUT2D eigenvalue weighted by Crippen LogP contribution is -2.22. The lowest BCUT2D eigenvalue weighted by atomic mass is 9.93. The van der Waals surface area contributed by atoms with Crippen LogP contribution in [-0.2, 0) is 16.0 Å². The highest BCUT2D eigenvalue weighted by molar-refractivity contribution is 6.30. The van der Waals surface area contributed by atoms with Crippen molar-refractivity contribution in [2.45, 2.75) is 38.0 Å². The Morgan fingerprint density at radius 2 is 2.00 bits per heavy atom. The Morgan fingerprint density at radius 1 is 1.27 bits per heavy atom. The van der Waals surface area contributed by atoms with E-state index in [1.54, 1.807) is 18.2 Å². The number of hydrogen-bond donors (Lipinski definition) is 0. The van der Waals surface area contributed by atoms with Gasteiger partial charge in [0.05, 0.1) is 23.8 Å². The second kappa shape index (κ2) is 7.49. The van der Waals surface area contributed by atoms with Gasteiger partial charge in [0.25, 0.3) is 0 Å². The lowest BCUT2D eigenvalue weighted by molar-refractivity contribution is -0.152. The summed E-state index contributed by atoms with van der Waals surface area (Å²) in [5.41, 5.74) is 1.21. The number of rotatable bonds is 5. The Balaban J connectivity index is 1.85. The highest BCUT2D eigenvalue weighted by atomic mass is 35.5. The van der Waals surface area contributed by atoms with Gasteiger partial charge in [-0.25, -0.2) is 9.97 Å². The molecule has 0 N–H and O–H groups in total. The summed E-state index contributed by atoms with van der Waals surface area (Å²) in [5, 5.41) is 0.339. The van der Waals surface area contributed by atoms with Crippen LogP contribution in [0, 0.1) is 0 Å². The van der Waals surface area contributed by atoms with Crippen molar-refractivity contribution in [2.75, 3.05) is 0 Å². The van der Waals surface area contributed by atoms with Crippen LogP contribution in [0.1, 0.15) is 36.5 Å². The van der Waals surface area contributed by atoms with Gasteiger partial charge in [0.1, 0.15) is 11.9 Å². The van der Waals surface area contributed by atoms with E-state index in [9.17, 15) is 18.0 Å². The molecule has 9 heteroatoms. The molecule has 0 spiro atoms. The average Bonchev–Trinajstić information content (AvgIpc) is 2.55. The first kappa shape index (κ1) is 18.4. The molecular weight excluding hydrogens is 373 g/mol. The van der Waals surface area contributed by atoms with Crippen molar-refractivity contribution < 1.29 is 27.4 Å². The molecule has 2 heterocycles. The van der Waals surface area contributed by atoms with E-state index in [1.165, 1.54) is 12.4 Å². The number of carbonyl (C=O) groups is 1. The molecule has 5 nitrogen and oxygen atoms in total. The Hall–Kier alpha value is -2.35. The number of esters is 1. The summed E-state index contributed by atoms with van der Waals surface area (Å²) in [6.07, 6.45) is -3.37. The summed E-state index contributed by atoms with van der Waals surface area (Å²) in [6.45, 7) is 0. The number of ether oxygens (including phenoxy) is 2. The van der Waals surface area contributed by atoms with Gasteiger partial charge in [-0.2, -0.15) is 13.2 Å². The maximum absolute atomic E-state index is 12.4. The van der Waals surface area contributed by atoms with Crippen molar-refractivity contribution in [3.05, 3.63) is 46.7 Å². The first-order valence-electron chi connectivity index (χ1n) is 7.85. The fourth-order valence-electron chi connectivity index (χ4n) is 2.76. The third-order valence-corrected chi connectivity index (χ3v) is 4.01. The predicted octanol–water partition coefficient (Wildman–Crippen LogP) is 4.80. The van der Waals surface area contributed by atoms with Crippen LogP contribution < -0.4 is 4.74 Å². The first-order valence-corrected chi connectivity index (χ1v) is 8.23. The van der Waals surface area contributed by atoms with E-state index >= 15 is 0 Å². The average molecular weight is 387 g/mol. The van der Waals surface area contributed by atoms with Gasteiger partial charge in [0.2, 0.25) is 0 Å². The molecule has 1 atom stereocenters. The second-order valence-electron chi connectivity index (χ2n) is 5.78. The SMILES string of the molecule is O=C1Cc2cccc(Oc3ncc(Cl)cn3)c2C(CCCC(F)(F)F)O1. The van der Waals surface area contributed by atoms with E-state index in [2.05, 4.69) is 9.97 Å². The molecule has 3 rings (SSSR count). The molecule has 0 bridgehead atoms. The number of alkyl halides is 3. The summed E-state index contributed by atoms with van der Waals surface area (Å²) < 4.78 is 48.2. The Bertz CT molecular complexity index is 797. The molecule has 0 amide bonds. The van der Waals surface area contributed by atoms with E-state index in [-0.39, 0.29) is 25.3 Å². The van der Waals surface area contributed by atoms with Crippen LogP contribution in [0.25, 0.3) is 0 Å². The number of fused-ring (bicyclic) bond motifs is 1. The summed E-state index contributed by atoms with van der Waals surface area (Å²) in [5.74, 6) is -0.135. The standard InChI is InChI=1S/C17H14ClF3N2O3/c18-11-8-22-16(23-9-11)26-13-4-1-3-10-7-14(24)25-12(15(10)13)5-2-6-17(19,20)21/h1,3-4,8-9,12H,2,5-7H2. The third-order valence-electron chi connectivity index (χ3n) is 3.81. The highest BCUT2D eigenvalue weighted by Crippen LogP contribution is 2.40. The van der Waals surface area contributed by atoms with E-state index in [0.717, 1.165) is 0 Å². The van der Waals surface area contributed by atoms with Crippen LogP contribution in [0.5, 0.6) is 11.8 Å². The predicted molar refractivity (Wildman–Crippen MR) is 86.0 cm³/mol. The van der Waals surface area contributed by atoms with Crippen LogP contribution in [-0.4, -0.2) is 22.1 Å². The van der Waals surface area contributed by atoms with Gasteiger partial charge < -0.3 is 9.47 Å². The Morgan fingerprint density at radius 3 is 2.69 bits per heavy atom. The largest absolute Gasteiger partial charge is 0.457 e. The van der Waals surface area contributed by atoms with Gasteiger partial charge in [-0.05, 0) is 24.5 Å². The van der Waals surface area contributed by atoms with Crippen LogP contribution >= 0.6 is 11.6 Å². The van der Waals surface area contributed by atoms with Gasteiger partial charge >= 0.3 is 18.2 Å². The summed E-state index contributed by atoms with van der Waals surface area (Å²) in [6, 6.07) is 5.08. The number of cyclic esters (lactones) is 1. The second-order valence-corrected chi connectivity index (χ2v) is 6.21. The minimum atomic E-state index is -4.26. The fraction of sp³-hybridized carbons (Fsp3) is 0.353. The smallest absolute Gasteiger partial charge is 0.389 e. The van der Waals surface area contributed by atoms with E-state index in [1.807, 2.05) is 0 Å². The van der Waals surface area contributed by atoms with Gasteiger partial charge in [0.15, 0.2) is 0 Å². The van der Waals surface area contributed by atoms with Crippen molar-refractivity contribution in [1.82, 2.24) is 9.97 Å². The van der Waals surface area contributed by atoms with Gasteiger partial charge in [-0.1, -0.05) is 23.7 Å². The molecule has 0 saturated heterocycles. The molecule has 1 aromatic carbocycles. The normalized spacial score (nSPS) is 16.8. The van der Waals surface area contributed by atoms with E-state index in [4.69, 9.17) is 21.1 Å². The minimum absolute atomic E-state index is 0.0315. The topological polar surface area (TPSA) is 61.3 Å². The summed E-state index contributed by atoms with van der Waals surface area (Å²) in [7, 11) is 0. The third kappa shape index (κ3) is 4.63. The molecule has 1 aliphatic heterocycles. The maximum Gasteiger partial charge on any atom is 0.389 e. The van der Waals surface area contributed by atoms with E-state index in [0.29, 0.717) is 21.9 Å². The molecule has 0 aliphatic carbocycles. The molecule has 26 heavy (non-hydrogen) atoms. The molecule has 1 unspecified atom stereocenters. The molecular formula is C17H14ClF3N2O3. The minimum Gasteiger partial charge on any atom is -0.457 e. The number of benzene rings is 1. The zero-order chi connectivity index (χ0) is 18.7. The summed E-state index contributed by atoms with van der Waals surface area (Å²) >= 11 is 5.73. The van der Waals surface area contributed by atoms with Gasteiger partial charge in [-0.3, -0.25) is 4.79 Å². The van der Waals surface area contributed by atoms with Gasteiger partial charge in [0, 0.05) is 12.0 Å². The zero-order valence-electron chi connectivity index (χ0n) is 13.4. The monoisotopic (exact) mass is 386 g/mol. The van der Waals surface area contributed by atoms with Crippen molar-refractivity contribution in [2.24, 2.45) is 0 Å². The molecule has 1 aromatic heterocycles. The Kier molecular flexibility index (Phi) is 5.31. The van der Waals surface area contributed by atoms with Crippen LogP contribution in [0.15, 0.2) is 30.6 Å². The van der Waals surface area contributed by atoms with Crippen molar-refractivity contribution in [1.29, 1.82) is 0 Å². The van der Waals surface area contributed by atoms with E-state index < -0.39 is 24.7 Å². The summed E-state index contributed by atoms with van der Waals surface area (Å²) in [4.78, 5) is 19.6. The van der Waals surface area contributed by atoms with Crippen molar-refractivity contribution in [3.8, 4) is 11.8 Å². The molecule has 0 fully saturated rings. The number of nitrogens with zero attached hydrogens (tertiary/aromatic N) is 2. The van der Waals surface area contributed by atoms with Crippen molar-refractivity contribution in [3.63, 3.8) is 0 Å². The van der Waals surface area contributed by atoms with Crippen LogP contribution in [0.3, 0.4) is 0 Å². The number of aromatic nitrogens is 2. The maximum atomic E-state index is 12.4. The quantitative estimate of drug-likeness (QED) is 0.691. The molecule has 0 saturated carbocycles.